The summed E-state index contributed by atoms with van der Waals surface area (Å²) in [5.74, 6) is 1.37. The van der Waals surface area contributed by atoms with Crippen LogP contribution in [0.5, 0.6) is 11.5 Å². The van der Waals surface area contributed by atoms with Gasteiger partial charge in [-0.15, -0.1) is 0 Å². The number of fused-ring (bicyclic) bond motifs is 1. The average Bonchev–Trinajstić information content (AvgIpc) is 2.93. The van der Waals surface area contributed by atoms with Crippen LogP contribution in [0, 0.1) is 0 Å². The zero-order valence-corrected chi connectivity index (χ0v) is 23.8. The first-order valence-corrected chi connectivity index (χ1v) is 14.2. The molecule has 10 nitrogen and oxygen atoms in total. The first kappa shape index (κ1) is 28.8. The maximum Gasteiger partial charge on any atom is 0.263 e. The first-order valence-electron chi connectivity index (χ1n) is 12.7. The highest BCUT2D eigenvalue weighted by Gasteiger charge is 2.20. The number of ketones is 1. The van der Waals surface area contributed by atoms with E-state index in [4.69, 9.17) is 9.47 Å². The Kier molecular flexibility index (Phi) is 9.18. The number of hydrogen-bond acceptors (Lipinski definition) is 9. The highest BCUT2D eigenvalue weighted by Crippen LogP contribution is 2.31. The molecular weight excluding hydrogens is 530 g/mol. The number of hydrogen-bond donors (Lipinski definition) is 2. The van der Waals surface area contributed by atoms with Crippen molar-refractivity contribution in [3.8, 4) is 11.5 Å². The zero-order valence-electron chi connectivity index (χ0n) is 23.0. The molecule has 4 aromatic rings. The van der Waals surface area contributed by atoms with Gasteiger partial charge in [0.2, 0.25) is 0 Å². The van der Waals surface area contributed by atoms with Gasteiger partial charge in [-0.1, -0.05) is 24.3 Å². The lowest BCUT2D eigenvalue weighted by Gasteiger charge is -2.15. The van der Waals surface area contributed by atoms with Crippen molar-refractivity contribution >= 4 is 44.2 Å². The summed E-state index contributed by atoms with van der Waals surface area (Å²) in [4.78, 5) is 23.7. The molecule has 11 heteroatoms. The molecule has 1 heterocycles. The number of ether oxygens (including phenoxy) is 2. The van der Waals surface area contributed by atoms with Crippen LogP contribution in [0.25, 0.3) is 11.0 Å². The van der Waals surface area contributed by atoms with Gasteiger partial charge >= 0.3 is 0 Å². The molecule has 1 aromatic heterocycles. The Labute approximate surface area is 234 Å². The molecule has 40 heavy (non-hydrogen) atoms. The summed E-state index contributed by atoms with van der Waals surface area (Å²) in [6, 6.07) is 18.7. The molecule has 3 aromatic carbocycles. The fraction of sp³-hybridized carbons (Fsp3) is 0.276. The predicted octanol–water partition coefficient (Wildman–Crippen LogP) is 4.64. The van der Waals surface area contributed by atoms with Gasteiger partial charge in [-0.05, 0) is 56.9 Å². The topological polar surface area (TPSA) is 123 Å². The number of benzene rings is 3. The number of para-hydroxylation sites is 2. The lowest BCUT2D eigenvalue weighted by atomic mass is 10.1. The van der Waals surface area contributed by atoms with Crippen LogP contribution < -0.4 is 19.5 Å². The molecule has 0 saturated carbocycles. The Hall–Kier alpha value is -4.22. The van der Waals surface area contributed by atoms with Crippen LogP contribution in [0.2, 0.25) is 0 Å². The van der Waals surface area contributed by atoms with E-state index in [-0.39, 0.29) is 28.7 Å². The number of carbonyl (C=O) groups excluding carboxylic acids is 1. The highest BCUT2D eigenvalue weighted by atomic mass is 32.2. The summed E-state index contributed by atoms with van der Waals surface area (Å²) in [6.45, 7) is 0.815. The molecule has 0 aliphatic heterocycles. The van der Waals surface area contributed by atoms with Gasteiger partial charge < -0.3 is 19.7 Å². The largest absolute Gasteiger partial charge is 0.497 e. The van der Waals surface area contributed by atoms with E-state index in [2.05, 4.69) is 20.0 Å². The van der Waals surface area contributed by atoms with Crippen LogP contribution in [0.1, 0.15) is 18.4 Å². The predicted molar refractivity (Wildman–Crippen MR) is 156 cm³/mol. The molecule has 210 valence electrons. The number of nitrogens with one attached hydrogen (secondary N) is 2. The van der Waals surface area contributed by atoms with E-state index >= 15 is 0 Å². The second-order valence-electron chi connectivity index (χ2n) is 9.51. The van der Waals surface area contributed by atoms with Gasteiger partial charge in [0.15, 0.2) is 11.6 Å². The molecule has 0 amide bonds. The zero-order chi connectivity index (χ0) is 28.7. The van der Waals surface area contributed by atoms with Gasteiger partial charge in [-0.2, -0.15) is 0 Å². The van der Waals surface area contributed by atoms with Gasteiger partial charge in [0.1, 0.15) is 17.3 Å². The van der Waals surface area contributed by atoms with Crippen molar-refractivity contribution in [2.45, 2.75) is 24.2 Å². The van der Waals surface area contributed by atoms with E-state index in [1.54, 1.807) is 62.8 Å². The van der Waals surface area contributed by atoms with Crippen LogP contribution in [0.4, 0.5) is 17.3 Å². The minimum atomic E-state index is -4.07. The average molecular weight is 564 g/mol. The van der Waals surface area contributed by atoms with Crippen LogP contribution in [0.3, 0.4) is 0 Å². The Morgan fingerprint density at radius 1 is 0.875 bits per heavy atom. The second kappa shape index (κ2) is 12.8. The maximum absolute atomic E-state index is 13.5. The molecule has 0 bridgehead atoms. The van der Waals surface area contributed by atoms with E-state index in [1.807, 2.05) is 25.1 Å². The van der Waals surface area contributed by atoms with Gasteiger partial charge in [0, 0.05) is 36.7 Å². The van der Waals surface area contributed by atoms with Crippen LogP contribution in [0.15, 0.2) is 71.6 Å². The Morgan fingerprint density at radius 2 is 1.52 bits per heavy atom. The number of aromatic nitrogens is 2. The standard InChI is InChI=1S/C29H33N5O5S/c1-34(2)14-8-10-22(35)15-20-9-7-11-25(16-20)40(36,37)33-29-28(31-26-12-5-6-13-27(26)32-29)30-21-17-23(38-3)19-24(18-21)39-4/h5-7,9,11-13,16-19H,8,10,14-15H2,1-4H3,(H,30,31)(H,32,33). The minimum Gasteiger partial charge on any atom is -0.497 e. The number of nitrogens with zero attached hydrogens (tertiary/aromatic N) is 3. The van der Waals surface area contributed by atoms with Crippen molar-refractivity contribution in [2.24, 2.45) is 0 Å². The third-order valence-corrected chi connectivity index (χ3v) is 7.42. The van der Waals surface area contributed by atoms with Gasteiger partial charge in [0.05, 0.1) is 30.1 Å². The number of anilines is 3. The molecule has 0 spiro atoms. The molecule has 2 N–H and O–H groups in total. The summed E-state index contributed by atoms with van der Waals surface area (Å²) in [7, 11) is 2.93. The SMILES string of the molecule is COc1cc(Nc2nc3ccccc3nc2NS(=O)(=O)c2cccc(CC(=O)CCCN(C)C)c2)cc(OC)c1. The molecule has 4 rings (SSSR count). The fourth-order valence-electron chi connectivity index (χ4n) is 4.09. The number of rotatable bonds is 13. The molecule has 0 unspecified atom stereocenters. The van der Waals surface area contributed by atoms with Crippen LogP contribution in [-0.2, 0) is 21.2 Å². The van der Waals surface area contributed by atoms with Crippen molar-refractivity contribution in [1.82, 2.24) is 14.9 Å². The van der Waals surface area contributed by atoms with Crippen molar-refractivity contribution < 1.29 is 22.7 Å². The van der Waals surface area contributed by atoms with E-state index in [9.17, 15) is 13.2 Å². The molecule has 0 radical (unpaired) electrons. The number of Topliss-reactive ketones (excluding diaryl/α,β-unsaturated/α-hetero) is 1. The van der Waals surface area contributed by atoms with Crippen LogP contribution >= 0.6 is 0 Å². The van der Waals surface area contributed by atoms with E-state index < -0.39 is 10.0 Å². The lowest BCUT2D eigenvalue weighted by Crippen LogP contribution is -2.17. The summed E-state index contributed by atoms with van der Waals surface area (Å²) >= 11 is 0. The van der Waals surface area contributed by atoms with Gasteiger partial charge in [-0.3, -0.25) is 9.52 Å². The van der Waals surface area contributed by atoms with Crippen molar-refractivity contribution in [1.29, 1.82) is 0 Å². The normalized spacial score (nSPS) is 11.4. The first-order chi connectivity index (χ1) is 19.2. The summed E-state index contributed by atoms with van der Waals surface area (Å²) in [6.07, 6.45) is 1.35. The molecule has 0 aliphatic carbocycles. The lowest BCUT2D eigenvalue weighted by molar-refractivity contribution is -0.118. The van der Waals surface area contributed by atoms with E-state index in [0.717, 1.165) is 13.0 Å². The Morgan fingerprint density at radius 3 is 2.15 bits per heavy atom. The van der Waals surface area contributed by atoms with Crippen molar-refractivity contribution in [3.63, 3.8) is 0 Å². The monoisotopic (exact) mass is 563 g/mol. The molecular formula is C29H33N5O5S. The van der Waals surface area contributed by atoms with Crippen molar-refractivity contribution in [3.05, 3.63) is 72.3 Å². The summed E-state index contributed by atoms with van der Waals surface area (Å²) in [5.41, 5.74) is 2.30. The fourth-order valence-corrected chi connectivity index (χ4v) is 5.17. The molecule has 0 fully saturated rings. The number of sulfonamides is 1. The number of methoxy groups -OCH3 is 2. The quantitative estimate of drug-likeness (QED) is 0.239. The number of carbonyl (C=O) groups is 1. The third kappa shape index (κ3) is 7.45. The molecule has 0 atom stereocenters. The van der Waals surface area contributed by atoms with Gasteiger partial charge in [0.25, 0.3) is 10.0 Å². The Balaban J connectivity index is 1.63. The molecule has 0 saturated heterocycles. The second-order valence-corrected chi connectivity index (χ2v) is 11.2. The third-order valence-electron chi connectivity index (χ3n) is 6.09. The van der Waals surface area contributed by atoms with Crippen LogP contribution in [-0.4, -0.2) is 63.9 Å². The Bertz CT molecular complexity index is 1590. The van der Waals surface area contributed by atoms with E-state index in [0.29, 0.717) is 40.2 Å². The highest BCUT2D eigenvalue weighted by molar-refractivity contribution is 7.92. The van der Waals surface area contributed by atoms with E-state index in [1.165, 1.54) is 12.1 Å². The maximum atomic E-state index is 13.5. The molecule has 0 aliphatic rings. The van der Waals surface area contributed by atoms with Gasteiger partial charge in [-0.25, -0.2) is 18.4 Å². The minimum absolute atomic E-state index is 0.0191. The smallest absolute Gasteiger partial charge is 0.263 e. The van der Waals surface area contributed by atoms with Crippen molar-refractivity contribution in [2.75, 3.05) is 44.9 Å². The summed E-state index contributed by atoms with van der Waals surface area (Å²) < 4.78 is 40.3. The summed E-state index contributed by atoms with van der Waals surface area (Å²) in [5, 5.41) is 3.14.